The molecule has 1 aromatic carbocycles. The molecule has 2 amide bonds. The van der Waals surface area contributed by atoms with Crippen LogP contribution in [-0.4, -0.2) is 44.9 Å². The Morgan fingerprint density at radius 3 is 2.44 bits per heavy atom. The molecule has 8 nitrogen and oxygen atoms in total. The third-order valence-corrected chi connectivity index (χ3v) is 6.33. The molecule has 1 aromatic heterocycles. The van der Waals surface area contributed by atoms with E-state index in [9.17, 15) is 19.5 Å². The maximum Gasteiger partial charge on any atom is 0.326 e. The lowest BCUT2D eigenvalue weighted by molar-refractivity contribution is -0.143. The molecule has 1 aliphatic rings. The molecular weight excluding hydrogens is 430 g/mol. The number of carbonyl (C=O) groups is 3. The van der Waals surface area contributed by atoms with E-state index < -0.39 is 28.7 Å². The van der Waals surface area contributed by atoms with Crippen molar-refractivity contribution in [1.82, 2.24) is 15.8 Å². The molecule has 32 heavy (non-hydrogen) atoms. The third kappa shape index (κ3) is 5.70. The summed E-state index contributed by atoms with van der Waals surface area (Å²) in [4.78, 5) is 37.6. The van der Waals surface area contributed by atoms with Gasteiger partial charge in [0.2, 0.25) is 11.8 Å². The van der Waals surface area contributed by atoms with Gasteiger partial charge in [0.15, 0.2) is 5.76 Å². The van der Waals surface area contributed by atoms with Gasteiger partial charge in [-0.25, -0.2) is 4.79 Å². The lowest BCUT2D eigenvalue weighted by Gasteiger charge is -2.31. The van der Waals surface area contributed by atoms with Gasteiger partial charge in [-0.3, -0.25) is 9.59 Å². The Kier molecular flexibility index (Phi) is 7.95. The molecule has 0 saturated heterocycles. The van der Waals surface area contributed by atoms with E-state index >= 15 is 0 Å². The van der Waals surface area contributed by atoms with Gasteiger partial charge in [-0.15, -0.1) is 0 Å². The van der Waals surface area contributed by atoms with Crippen molar-refractivity contribution in [2.45, 2.75) is 68.7 Å². The molecule has 0 radical (unpaired) electrons. The number of amides is 2. The van der Waals surface area contributed by atoms with Crippen LogP contribution in [0.1, 0.15) is 51.0 Å². The van der Waals surface area contributed by atoms with Crippen molar-refractivity contribution in [3.8, 4) is 11.3 Å². The predicted molar refractivity (Wildman–Crippen MR) is 122 cm³/mol. The summed E-state index contributed by atoms with van der Waals surface area (Å²) in [5.41, 5.74) is 0.488. The maximum atomic E-state index is 13.2. The number of aromatic nitrogens is 1. The van der Waals surface area contributed by atoms with Crippen LogP contribution in [0.15, 0.2) is 41.1 Å². The molecule has 0 spiro atoms. The van der Waals surface area contributed by atoms with Gasteiger partial charge in [-0.1, -0.05) is 55.6 Å². The summed E-state index contributed by atoms with van der Waals surface area (Å²) in [6, 6.07) is 7.84. The molecular formula is C23H29N3O5S. The first-order chi connectivity index (χ1) is 15.3. The van der Waals surface area contributed by atoms with Crippen LogP contribution in [0, 0.1) is 0 Å². The van der Waals surface area contributed by atoms with Crippen LogP contribution in [0.4, 0.5) is 0 Å². The maximum absolute atomic E-state index is 13.2. The van der Waals surface area contributed by atoms with Crippen molar-refractivity contribution in [2.75, 3.05) is 0 Å². The second-order valence-corrected chi connectivity index (χ2v) is 8.85. The van der Waals surface area contributed by atoms with Crippen LogP contribution in [-0.2, 0) is 20.8 Å². The van der Waals surface area contributed by atoms with Gasteiger partial charge < -0.3 is 20.3 Å². The lowest BCUT2D eigenvalue weighted by atomic mass is 9.94. The number of nitrogens with one attached hydrogen (secondary N) is 2. The van der Waals surface area contributed by atoms with E-state index in [1.807, 2.05) is 19.1 Å². The fraction of sp³-hybridized carbons (Fsp3) is 0.478. The highest BCUT2D eigenvalue weighted by atomic mass is 32.1. The highest BCUT2D eigenvalue weighted by molar-refractivity contribution is 7.81. The Bertz CT molecular complexity index is 924. The average molecular weight is 460 g/mol. The normalized spacial score (nSPS) is 16.8. The van der Waals surface area contributed by atoms with Gasteiger partial charge in [-0.2, -0.15) is 12.6 Å². The topological polar surface area (TPSA) is 122 Å². The van der Waals surface area contributed by atoms with Crippen molar-refractivity contribution in [1.29, 1.82) is 0 Å². The number of carboxylic acids is 1. The first-order valence-electron chi connectivity index (χ1n) is 10.9. The van der Waals surface area contributed by atoms with E-state index in [2.05, 4.69) is 28.4 Å². The Morgan fingerprint density at radius 1 is 1.19 bits per heavy atom. The fourth-order valence-electron chi connectivity index (χ4n) is 4.01. The predicted octanol–water partition coefficient (Wildman–Crippen LogP) is 2.98. The van der Waals surface area contributed by atoms with Gasteiger partial charge >= 0.3 is 5.97 Å². The minimum atomic E-state index is -1.13. The molecule has 3 N–H and O–H groups in total. The molecule has 2 unspecified atom stereocenters. The first kappa shape index (κ1) is 23.8. The highest BCUT2D eigenvalue weighted by Gasteiger charge is 2.44. The average Bonchev–Trinajstić information content (AvgIpc) is 3.47. The van der Waals surface area contributed by atoms with E-state index in [-0.39, 0.29) is 12.3 Å². The summed E-state index contributed by atoms with van der Waals surface area (Å²) in [5, 5.41) is 18.4. The number of nitrogens with zero attached hydrogens (tertiary/aromatic N) is 1. The summed E-state index contributed by atoms with van der Waals surface area (Å²) in [6.07, 6.45) is 5.62. The number of hydrogen-bond donors (Lipinski definition) is 4. The van der Waals surface area contributed by atoms with Gasteiger partial charge in [0.1, 0.15) is 11.6 Å². The quantitative estimate of drug-likeness (QED) is 0.405. The Morgan fingerprint density at radius 2 is 1.88 bits per heavy atom. The number of rotatable bonds is 10. The third-order valence-electron chi connectivity index (χ3n) is 5.84. The van der Waals surface area contributed by atoms with E-state index in [1.54, 1.807) is 24.4 Å². The van der Waals surface area contributed by atoms with Gasteiger partial charge in [-0.05, 0) is 24.8 Å². The first-order valence-corrected chi connectivity index (χ1v) is 11.4. The summed E-state index contributed by atoms with van der Waals surface area (Å²) in [7, 11) is 0. The lowest BCUT2D eigenvalue weighted by Crippen LogP contribution is -2.61. The van der Waals surface area contributed by atoms with Crippen LogP contribution >= 0.6 is 12.6 Å². The van der Waals surface area contributed by atoms with Crippen molar-refractivity contribution in [3.05, 3.63) is 42.1 Å². The van der Waals surface area contributed by atoms with E-state index in [0.29, 0.717) is 25.0 Å². The molecule has 3 rings (SSSR count). The number of carboxylic acid groups (broad SMARTS) is 1. The molecule has 2 aromatic rings. The van der Waals surface area contributed by atoms with E-state index in [1.165, 1.54) is 0 Å². The molecule has 172 valence electrons. The summed E-state index contributed by atoms with van der Waals surface area (Å²) in [5.74, 6) is -1.26. The zero-order valence-corrected chi connectivity index (χ0v) is 18.9. The largest absolute Gasteiger partial charge is 0.480 e. The second-order valence-electron chi connectivity index (χ2n) is 8.22. The standard InChI is InChI=1S/C23H29N3O5S/c1-2-5-19(32)20(27)26-23(11-3-4-12-23)22(30)25-17(21(28)29)14-15-6-8-16(9-7-15)18-10-13-24-31-18/h6-10,13,17,19,32H,2-5,11-12,14H2,1H3,(H,25,30)(H,26,27)(H,28,29). The molecule has 0 bridgehead atoms. The number of carbonyl (C=O) groups excluding carboxylic acids is 2. The van der Waals surface area contributed by atoms with E-state index in [4.69, 9.17) is 4.52 Å². The summed E-state index contributed by atoms with van der Waals surface area (Å²) in [6.45, 7) is 1.96. The van der Waals surface area contributed by atoms with Gasteiger partial charge in [0.25, 0.3) is 0 Å². The van der Waals surface area contributed by atoms with E-state index in [0.717, 1.165) is 30.4 Å². The second kappa shape index (κ2) is 10.7. The molecule has 1 heterocycles. The molecule has 0 aliphatic heterocycles. The number of benzene rings is 1. The molecule has 9 heteroatoms. The van der Waals surface area contributed by atoms with Gasteiger partial charge in [0, 0.05) is 18.1 Å². The Labute approximate surface area is 192 Å². The van der Waals surface area contributed by atoms with Crippen molar-refractivity contribution in [3.63, 3.8) is 0 Å². The van der Waals surface area contributed by atoms with Crippen LogP contribution in [0.25, 0.3) is 11.3 Å². The van der Waals surface area contributed by atoms with Crippen LogP contribution in [0.5, 0.6) is 0 Å². The Balaban J connectivity index is 1.69. The minimum absolute atomic E-state index is 0.118. The zero-order valence-electron chi connectivity index (χ0n) is 18.0. The molecule has 2 atom stereocenters. The number of hydrogen-bond acceptors (Lipinski definition) is 6. The summed E-state index contributed by atoms with van der Waals surface area (Å²) < 4.78 is 5.12. The van der Waals surface area contributed by atoms with Gasteiger partial charge in [0.05, 0.1) is 11.4 Å². The van der Waals surface area contributed by atoms with Crippen molar-refractivity contribution < 1.29 is 24.0 Å². The number of aliphatic carboxylic acids is 1. The Hall–Kier alpha value is -2.81. The molecule has 1 aliphatic carbocycles. The molecule has 1 fully saturated rings. The smallest absolute Gasteiger partial charge is 0.326 e. The number of thiol groups is 1. The van der Waals surface area contributed by atoms with Crippen molar-refractivity contribution in [2.24, 2.45) is 0 Å². The fourth-order valence-corrected chi connectivity index (χ4v) is 4.34. The van der Waals surface area contributed by atoms with Crippen LogP contribution in [0.2, 0.25) is 0 Å². The van der Waals surface area contributed by atoms with Crippen molar-refractivity contribution >= 4 is 30.4 Å². The van der Waals surface area contributed by atoms with Crippen LogP contribution < -0.4 is 10.6 Å². The minimum Gasteiger partial charge on any atom is -0.480 e. The SMILES string of the molecule is CCCC(S)C(=O)NC1(C(=O)NC(Cc2ccc(-c3ccno3)cc2)C(=O)O)CCCC1. The van der Waals surface area contributed by atoms with Crippen LogP contribution in [0.3, 0.4) is 0 Å². The molecule has 1 saturated carbocycles. The monoisotopic (exact) mass is 459 g/mol. The zero-order chi connectivity index (χ0) is 23.1. The highest BCUT2D eigenvalue weighted by Crippen LogP contribution is 2.31. The summed E-state index contributed by atoms with van der Waals surface area (Å²) >= 11 is 4.33.